The summed E-state index contributed by atoms with van der Waals surface area (Å²) in [5.74, 6) is 0.574. The number of fused-ring (bicyclic) bond motifs is 1. The highest BCUT2D eigenvalue weighted by Gasteiger charge is 2.35. The fourth-order valence-electron chi connectivity index (χ4n) is 2.76. The van der Waals surface area contributed by atoms with Crippen LogP contribution in [0.5, 0.6) is 0 Å². The predicted octanol–water partition coefficient (Wildman–Crippen LogP) is 0.399. The van der Waals surface area contributed by atoms with Gasteiger partial charge in [-0.25, -0.2) is 23.4 Å². The SMILES string of the molecule is CCS(=O)(=O)N1Cc2ncn(C)c2CC1CNc1ncccn1. The van der Waals surface area contributed by atoms with Crippen molar-refractivity contribution >= 4 is 16.0 Å². The minimum atomic E-state index is -3.30. The molecule has 0 spiro atoms. The molecule has 0 saturated carbocycles. The van der Waals surface area contributed by atoms with Crippen molar-refractivity contribution in [1.29, 1.82) is 0 Å². The lowest BCUT2D eigenvalue weighted by Crippen LogP contribution is -2.48. The monoisotopic (exact) mass is 336 g/mol. The Morgan fingerprint density at radius 2 is 2.04 bits per heavy atom. The van der Waals surface area contributed by atoms with Crippen LogP contribution in [-0.4, -0.2) is 50.6 Å². The highest BCUT2D eigenvalue weighted by atomic mass is 32.2. The van der Waals surface area contributed by atoms with Crippen molar-refractivity contribution in [3.8, 4) is 0 Å². The average Bonchev–Trinajstić information content (AvgIpc) is 2.93. The molecule has 9 heteroatoms. The van der Waals surface area contributed by atoms with Crippen LogP contribution in [0.25, 0.3) is 0 Å². The van der Waals surface area contributed by atoms with Gasteiger partial charge >= 0.3 is 0 Å². The summed E-state index contributed by atoms with van der Waals surface area (Å²) >= 11 is 0. The standard InChI is InChI=1S/C14H20N6O2S/c1-3-23(21,22)20-9-12-13(19(2)10-18-12)7-11(20)8-17-14-15-5-4-6-16-14/h4-6,10-11H,3,7-9H2,1-2H3,(H,15,16,17). The second kappa shape index (κ2) is 6.25. The fourth-order valence-corrected chi connectivity index (χ4v) is 4.02. The van der Waals surface area contributed by atoms with E-state index >= 15 is 0 Å². The Balaban J connectivity index is 1.84. The van der Waals surface area contributed by atoms with Crippen LogP contribution < -0.4 is 5.32 Å². The predicted molar refractivity (Wildman–Crippen MR) is 86.2 cm³/mol. The molecule has 0 amide bonds. The Bertz CT molecular complexity index is 774. The Morgan fingerprint density at radius 3 is 2.74 bits per heavy atom. The summed E-state index contributed by atoms with van der Waals surface area (Å²) in [5.41, 5.74) is 1.91. The molecule has 1 aliphatic rings. The van der Waals surface area contributed by atoms with E-state index < -0.39 is 10.0 Å². The van der Waals surface area contributed by atoms with E-state index in [9.17, 15) is 8.42 Å². The first kappa shape index (κ1) is 15.9. The molecule has 3 heterocycles. The molecule has 0 aliphatic carbocycles. The Labute approximate surface area is 135 Å². The Hall–Kier alpha value is -2.00. The van der Waals surface area contributed by atoms with Gasteiger partial charge in [-0.3, -0.25) is 0 Å². The smallest absolute Gasteiger partial charge is 0.222 e. The van der Waals surface area contributed by atoms with Crippen molar-refractivity contribution in [2.24, 2.45) is 7.05 Å². The summed E-state index contributed by atoms with van der Waals surface area (Å²) in [6.45, 7) is 2.43. The maximum Gasteiger partial charge on any atom is 0.222 e. The van der Waals surface area contributed by atoms with Gasteiger partial charge in [0.2, 0.25) is 16.0 Å². The zero-order valence-corrected chi connectivity index (χ0v) is 14.0. The molecular formula is C14H20N6O2S. The van der Waals surface area contributed by atoms with Gasteiger partial charge in [-0.2, -0.15) is 4.31 Å². The van der Waals surface area contributed by atoms with E-state index in [2.05, 4.69) is 20.3 Å². The molecule has 8 nitrogen and oxygen atoms in total. The summed E-state index contributed by atoms with van der Waals surface area (Å²) in [7, 11) is -1.37. The van der Waals surface area contributed by atoms with Crippen LogP contribution >= 0.6 is 0 Å². The van der Waals surface area contributed by atoms with Crippen LogP contribution in [0.2, 0.25) is 0 Å². The summed E-state index contributed by atoms with van der Waals surface area (Å²) in [6, 6.07) is 1.55. The summed E-state index contributed by atoms with van der Waals surface area (Å²) in [5, 5.41) is 3.12. The van der Waals surface area contributed by atoms with Crippen LogP contribution in [0.15, 0.2) is 24.8 Å². The molecule has 0 saturated heterocycles. The number of nitrogens with zero attached hydrogens (tertiary/aromatic N) is 5. The van der Waals surface area contributed by atoms with Crippen molar-refractivity contribution in [3.63, 3.8) is 0 Å². The number of hydrogen-bond donors (Lipinski definition) is 1. The molecule has 2 aromatic rings. The van der Waals surface area contributed by atoms with Crippen LogP contribution in [0.1, 0.15) is 18.3 Å². The lowest BCUT2D eigenvalue weighted by molar-refractivity contribution is 0.294. The number of sulfonamides is 1. The average molecular weight is 336 g/mol. The van der Waals surface area contributed by atoms with Crippen LogP contribution in [0.3, 0.4) is 0 Å². The molecule has 1 unspecified atom stereocenters. The third-order valence-corrected chi connectivity index (χ3v) is 5.94. The number of nitrogens with one attached hydrogen (secondary N) is 1. The van der Waals surface area contributed by atoms with Gasteiger partial charge in [0.25, 0.3) is 0 Å². The van der Waals surface area contributed by atoms with Gasteiger partial charge in [0.05, 0.1) is 24.3 Å². The maximum atomic E-state index is 12.4. The van der Waals surface area contributed by atoms with Gasteiger partial charge in [-0.1, -0.05) is 0 Å². The molecule has 3 rings (SSSR count). The fraction of sp³-hybridized carbons (Fsp3) is 0.500. The molecule has 23 heavy (non-hydrogen) atoms. The van der Waals surface area contributed by atoms with E-state index in [-0.39, 0.29) is 11.8 Å². The van der Waals surface area contributed by atoms with Crippen molar-refractivity contribution < 1.29 is 8.42 Å². The van der Waals surface area contributed by atoms with Crippen LogP contribution in [-0.2, 0) is 30.0 Å². The van der Waals surface area contributed by atoms with Crippen LogP contribution in [0.4, 0.5) is 5.95 Å². The Kier molecular flexibility index (Phi) is 4.31. The van der Waals surface area contributed by atoms with Crippen molar-refractivity contribution in [3.05, 3.63) is 36.2 Å². The number of aromatic nitrogens is 4. The van der Waals surface area contributed by atoms with Gasteiger partial charge in [-0.15, -0.1) is 0 Å². The lowest BCUT2D eigenvalue weighted by Gasteiger charge is -2.34. The van der Waals surface area contributed by atoms with E-state index in [4.69, 9.17) is 0 Å². The molecule has 0 bridgehead atoms. The number of anilines is 1. The number of aryl methyl sites for hydroxylation is 1. The second-order valence-electron chi connectivity index (χ2n) is 5.51. The van der Waals surface area contributed by atoms with Crippen molar-refractivity contribution in [1.82, 2.24) is 23.8 Å². The first-order valence-corrected chi connectivity index (χ1v) is 9.11. The minimum Gasteiger partial charge on any atom is -0.353 e. The third kappa shape index (κ3) is 3.20. The topological polar surface area (TPSA) is 93.0 Å². The van der Waals surface area contributed by atoms with E-state index in [1.165, 1.54) is 4.31 Å². The molecule has 1 N–H and O–H groups in total. The number of hydrogen-bond acceptors (Lipinski definition) is 6. The van der Waals surface area contributed by atoms with E-state index in [0.717, 1.165) is 11.4 Å². The van der Waals surface area contributed by atoms with E-state index in [1.54, 1.807) is 31.7 Å². The quantitative estimate of drug-likeness (QED) is 0.849. The summed E-state index contributed by atoms with van der Waals surface area (Å²) in [4.78, 5) is 12.5. The van der Waals surface area contributed by atoms with Gasteiger partial charge in [0.1, 0.15) is 0 Å². The molecule has 2 aromatic heterocycles. The first-order chi connectivity index (χ1) is 11.0. The Morgan fingerprint density at radius 1 is 1.30 bits per heavy atom. The van der Waals surface area contributed by atoms with Gasteiger partial charge in [0, 0.05) is 44.1 Å². The zero-order chi connectivity index (χ0) is 16.4. The minimum absolute atomic E-state index is 0.0769. The third-order valence-electron chi connectivity index (χ3n) is 4.07. The lowest BCUT2D eigenvalue weighted by atomic mass is 10.1. The number of imidazole rings is 1. The highest BCUT2D eigenvalue weighted by molar-refractivity contribution is 7.89. The second-order valence-corrected chi connectivity index (χ2v) is 7.72. The largest absolute Gasteiger partial charge is 0.353 e. The molecule has 1 atom stereocenters. The zero-order valence-electron chi connectivity index (χ0n) is 13.2. The summed E-state index contributed by atoms with van der Waals surface area (Å²) in [6.07, 6.45) is 5.65. The van der Waals surface area contributed by atoms with Crippen molar-refractivity contribution in [2.45, 2.75) is 25.9 Å². The molecule has 0 radical (unpaired) electrons. The highest BCUT2D eigenvalue weighted by Crippen LogP contribution is 2.25. The van der Waals surface area contributed by atoms with E-state index in [1.807, 2.05) is 11.6 Å². The number of rotatable bonds is 5. The molecule has 124 valence electrons. The van der Waals surface area contributed by atoms with Gasteiger partial charge < -0.3 is 9.88 Å². The molecule has 0 aromatic carbocycles. The van der Waals surface area contributed by atoms with Crippen molar-refractivity contribution in [2.75, 3.05) is 17.6 Å². The van der Waals surface area contributed by atoms with E-state index in [0.29, 0.717) is 25.5 Å². The molecule has 0 fully saturated rings. The molecule has 1 aliphatic heterocycles. The van der Waals surface area contributed by atoms with Crippen LogP contribution in [0, 0.1) is 0 Å². The van der Waals surface area contributed by atoms with Gasteiger partial charge in [0.15, 0.2) is 0 Å². The summed E-state index contributed by atoms with van der Waals surface area (Å²) < 4.78 is 28.3. The maximum absolute atomic E-state index is 12.4. The normalized spacial score (nSPS) is 18.6. The first-order valence-electron chi connectivity index (χ1n) is 7.50. The molecular weight excluding hydrogens is 316 g/mol. The van der Waals surface area contributed by atoms with Gasteiger partial charge in [-0.05, 0) is 13.0 Å².